The van der Waals surface area contributed by atoms with Gasteiger partial charge < -0.3 is 9.47 Å². The molecule has 0 radical (unpaired) electrons. The molecular weight excluding hydrogens is 246 g/mol. The second-order valence-corrected chi connectivity index (χ2v) is 3.53. The summed E-state index contributed by atoms with van der Waals surface area (Å²) in [4.78, 5) is 2.99. The summed E-state index contributed by atoms with van der Waals surface area (Å²) < 4.78 is 34.7. The van der Waals surface area contributed by atoms with Gasteiger partial charge in [-0.05, 0) is 12.1 Å². The van der Waals surface area contributed by atoms with Crippen molar-refractivity contribution < 1.29 is 18.3 Å². The maximum absolute atomic E-state index is 13.0. The van der Waals surface area contributed by atoms with Gasteiger partial charge >= 0.3 is 12.0 Å². The summed E-state index contributed by atoms with van der Waals surface area (Å²) in [5, 5.41) is 15.0. The number of halogens is 2. The number of diazo groups is 1. The Bertz CT molecular complexity index is 662. The summed E-state index contributed by atoms with van der Waals surface area (Å²) in [6.07, 6.45) is -2.45. The first kappa shape index (κ1) is 10.5. The summed E-state index contributed by atoms with van der Waals surface area (Å²) in [6, 6.07) is 4.39. The van der Waals surface area contributed by atoms with Crippen LogP contribution in [0.5, 0.6) is 11.5 Å². The number of nitrogens with one attached hydrogen (secondary N) is 1. The van der Waals surface area contributed by atoms with E-state index in [1.54, 1.807) is 0 Å². The minimum Gasteiger partial charge on any atom is -0.395 e. The number of alkyl halides is 2. The molecule has 1 aromatic carbocycles. The van der Waals surface area contributed by atoms with E-state index in [1.165, 1.54) is 24.4 Å². The number of hydrogen-bond donors (Lipinski definition) is 1. The highest BCUT2D eigenvalue weighted by molar-refractivity contribution is 5.80. The van der Waals surface area contributed by atoms with Crippen molar-refractivity contribution in [2.45, 2.75) is 6.29 Å². The lowest BCUT2D eigenvalue weighted by Gasteiger charge is -2.05. The summed E-state index contributed by atoms with van der Waals surface area (Å²) in [5.41, 5.74) is 0.646. The predicted octanol–water partition coefficient (Wildman–Crippen LogP) is 2.88. The molecule has 0 spiro atoms. The smallest absolute Gasteiger partial charge is 0.395 e. The van der Waals surface area contributed by atoms with Crippen molar-refractivity contribution >= 4 is 5.69 Å². The maximum Gasteiger partial charge on any atom is 0.586 e. The van der Waals surface area contributed by atoms with Crippen LogP contribution in [0.2, 0.25) is 0 Å². The standard InChI is InChI=1S/C10H5F2N4O2/c11-10(12)17-7-3-1-2-5(9(7)18-10)8-6(15-13)4-14-16-8/h1-4H,(H,14,16)/q+1. The van der Waals surface area contributed by atoms with Gasteiger partial charge in [-0.3, -0.25) is 5.10 Å². The number of para-hydroxylation sites is 1. The fourth-order valence-corrected chi connectivity index (χ4v) is 1.72. The molecule has 1 aliphatic rings. The van der Waals surface area contributed by atoms with Crippen molar-refractivity contribution in [3.63, 3.8) is 0 Å². The molecule has 0 fully saturated rings. The monoisotopic (exact) mass is 251 g/mol. The second kappa shape index (κ2) is 3.40. The number of ether oxygens (including phenoxy) is 2. The number of aromatic amines is 1. The van der Waals surface area contributed by atoms with Crippen LogP contribution in [0, 0.1) is 5.39 Å². The third-order valence-corrected chi connectivity index (χ3v) is 2.42. The molecule has 0 bridgehead atoms. The Hall–Kier alpha value is -2.69. The van der Waals surface area contributed by atoms with Crippen molar-refractivity contribution in [2.24, 2.45) is 0 Å². The van der Waals surface area contributed by atoms with Crippen LogP contribution in [0.15, 0.2) is 24.4 Å². The van der Waals surface area contributed by atoms with Crippen LogP contribution in [-0.2, 0) is 0 Å². The highest BCUT2D eigenvalue weighted by Gasteiger charge is 2.45. The average molecular weight is 251 g/mol. The van der Waals surface area contributed by atoms with Crippen molar-refractivity contribution in [2.75, 3.05) is 0 Å². The Morgan fingerprint density at radius 1 is 1.33 bits per heavy atom. The average Bonchev–Trinajstić information content (AvgIpc) is 2.89. The zero-order valence-electron chi connectivity index (χ0n) is 8.72. The summed E-state index contributed by atoms with van der Waals surface area (Å²) in [7, 11) is 0. The fraction of sp³-hybridized carbons (Fsp3) is 0.100. The van der Waals surface area contributed by atoms with Crippen molar-refractivity contribution in [1.29, 1.82) is 5.39 Å². The maximum atomic E-state index is 13.0. The quantitative estimate of drug-likeness (QED) is 0.790. The van der Waals surface area contributed by atoms with Crippen LogP contribution in [0.4, 0.5) is 14.5 Å². The van der Waals surface area contributed by atoms with E-state index in [4.69, 9.17) is 5.39 Å². The van der Waals surface area contributed by atoms with Crippen LogP contribution in [0.25, 0.3) is 16.2 Å². The molecule has 2 heterocycles. The van der Waals surface area contributed by atoms with Gasteiger partial charge in [0, 0.05) is 0 Å². The molecule has 1 aliphatic heterocycles. The number of hydrogen-bond acceptors (Lipinski definition) is 4. The van der Waals surface area contributed by atoms with Gasteiger partial charge in [-0.25, -0.2) is 0 Å². The van der Waals surface area contributed by atoms with E-state index < -0.39 is 6.29 Å². The van der Waals surface area contributed by atoms with Gasteiger partial charge in [-0.1, -0.05) is 6.07 Å². The van der Waals surface area contributed by atoms with E-state index in [0.717, 1.165) is 0 Å². The van der Waals surface area contributed by atoms with E-state index in [9.17, 15) is 8.78 Å². The minimum absolute atomic E-state index is 0.0870. The molecule has 2 aromatic rings. The number of fused-ring (bicyclic) bond motifs is 1. The van der Waals surface area contributed by atoms with E-state index in [2.05, 4.69) is 24.6 Å². The van der Waals surface area contributed by atoms with E-state index >= 15 is 0 Å². The topological polar surface area (TPSA) is 75.3 Å². The Kier molecular flexibility index (Phi) is 1.98. The summed E-state index contributed by atoms with van der Waals surface area (Å²) in [6.45, 7) is 0. The highest BCUT2D eigenvalue weighted by Crippen LogP contribution is 2.47. The molecule has 90 valence electrons. The second-order valence-electron chi connectivity index (χ2n) is 3.53. The molecular formula is C10H5F2N4O2+. The van der Waals surface area contributed by atoms with Crippen LogP contribution < -0.4 is 9.47 Å². The lowest BCUT2D eigenvalue weighted by atomic mass is 10.1. The molecule has 0 unspecified atom stereocenters. The van der Waals surface area contributed by atoms with Crippen LogP contribution in [-0.4, -0.2) is 16.5 Å². The SMILES string of the molecule is N#[N+]c1cn[nH]c1-c1cccc2c1OC(F)(F)O2. The number of benzene rings is 1. The highest BCUT2D eigenvalue weighted by atomic mass is 19.3. The predicted molar refractivity (Wildman–Crippen MR) is 55.0 cm³/mol. The molecule has 0 saturated heterocycles. The molecule has 1 aromatic heterocycles. The molecule has 0 amide bonds. The molecule has 0 aliphatic carbocycles. The van der Waals surface area contributed by atoms with Gasteiger partial charge in [0.1, 0.15) is 6.20 Å². The molecule has 1 N–H and O–H groups in total. The minimum atomic E-state index is -3.70. The number of H-pyrrole nitrogens is 1. The first-order valence-corrected chi connectivity index (χ1v) is 4.88. The third-order valence-electron chi connectivity index (χ3n) is 2.42. The zero-order valence-corrected chi connectivity index (χ0v) is 8.72. The first-order valence-electron chi connectivity index (χ1n) is 4.88. The van der Waals surface area contributed by atoms with Crippen LogP contribution in [0.3, 0.4) is 0 Å². The molecule has 6 nitrogen and oxygen atoms in total. The van der Waals surface area contributed by atoms with Crippen LogP contribution in [0.1, 0.15) is 0 Å². The molecule has 3 rings (SSSR count). The Balaban J connectivity index is 2.17. The van der Waals surface area contributed by atoms with E-state index in [0.29, 0.717) is 0 Å². The van der Waals surface area contributed by atoms with E-state index in [1.807, 2.05) is 0 Å². The third kappa shape index (κ3) is 1.45. The fourth-order valence-electron chi connectivity index (χ4n) is 1.72. The van der Waals surface area contributed by atoms with Crippen molar-refractivity contribution in [3.05, 3.63) is 29.4 Å². The van der Waals surface area contributed by atoms with E-state index in [-0.39, 0.29) is 28.4 Å². The van der Waals surface area contributed by atoms with Gasteiger partial charge in [-0.15, -0.1) is 8.78 Å². The number of rotatable bonds is 1. The Morgan fingerprint density at radius 2 is 2.17 bits per heavy atom. The molecule has 0 atom stereocenters. The zero-order chi connectivity index (χ0) is 12.8. The first-order chi connectivity index (χ1) is 8.61. The van der Waals surface area contributed by atoms with Gasteiger partial charge in [0.25, 0.3) is 0 Å². The largest absolute Gasteiger partial charge is 0.586 e. The normalized spacial score (nSPS) is 15.4. The Morgan fingerprint density at radius 3 is 2.94 bits per heavy atom. The van der Waals surface area contributed by atoms with Gasteiger partial charge in [0.2, 0.25) is 5.39 Å². The summed E-state index contributed by atoms with van der Waals surface area (Å²) >= 11 is 0. The lowest BCUT2D eigenvalue weighted by Crippen LogP contribution is -2.26. The molecule has 18 heavy (non-hydrogen) atoms. The van der Waals surface area contributed by atoms with Crippen LogP contribution >= 0.6 is 0 Å². The molecule has 8 heteroatoms. The van der Waals surface area contributed by atoms with Gasteiger partial charge in [0.15, 0.2) is 22.2 Å². The Labute approximate surface area is 98.8 Å². The number of nitrogens with zero attached hydrogens (tertiary/aromatic N) is 3. The number of aromatic nitrogens is 2. The van der Waals surface area contributed by atoms with Gasteiger partial charge in [-0.2, -0.15) is 5.10 Å². The summed E-state index contributed by atoms with van der Waals surface area (Å²) in [5.74, 6) is -0.215. The molecule has 0 saturated carbocycles. The van der Waals surface area contributed by atoms with Crippen molar-refractivity contribution in [1.82, 2.24) is 10.2 Å². The lowest BCUT2D eigenvalue weighted by molar-refractivity contribution is -0.286. The van der Waals surface area contributed by atoms with Gasteiger partial charge in [0.05, 0.1) is 5.56 Å². The van der Waals surface area contributed by atoms with Crippen molar-refractivity contribution in [3.8, 4) is 22.8 Å².